The summed E-state index contributed by atoms with van der Waals surface area (Å²) < 4.78 is 0. The molecule has 3 rings (SSSR count). The molecule has 7 nitrogen and oxygen atoms in total. The molecule has 0 radical (unpaired) electrons. The number of phenols is 2. The topological polar surface area (TPSA) is 110 Å². The van der Waals surface area contributed by atoms with Gasteiger partial charge in [-0.2, -0.15) is 0 Å². The van der Waals surface area contributed by atoms with Gasteiger partial charge >= 0.3 is 5.97 Å². The number of phenolic OH excluding ortho intramolecular Hbond substituents is 2. The van der Waals surface area contributed by atoms with Crippen LogP contribution in [0.25, 0.3) is 0 Å². The predicted molar refractivity (Wildman–Crippen MR) is 137 cm³/mol. The molecule has 1 saturated carbocycles. The molecule has 1 aliphatic carbocycles. The molecule has 1 aromatic rings. The molecule has 0 bridgehead atoms. The van der Waals surface area contributed by atoms with E-state index in [1.165, 1.54) is 6.07 Å². The Kier molecular flexibility index (Phi) is 9.08. The van der Waals surface area contributed by atoms with Gasteiger partial charge in [-0.05, 0) is 80.4 Å². The van der Waals surface area contributed by atoms with Crippen LogP contribution in [-0.2, 0) is 4.79 Å². The Bertz CT molecular complexity index is 886. The van der Waals surface area contributed by atoms with Crippen LogP contribution in [0.3, 0.4) is 0 Å². The zero-order chi connectivity index (χ0) is 25.8. The van der Waals surface area contributed by atoms with Crippen molar-refractivity contribution in [3.8, 4) is 11.5 Å². The minimum absolute atomic E-state index is 0.00719. The molecule has 1 heterocycles. The number of hydrogen-bond donors (Lipinski definition) is 4. The number of amides is 1. The minimum Gasteiger partial charge on any atom is -0.508 e. The maximum atomic E-state index is 13.1. The zero-order valence-electron chi connectivity index (χ0n) is 21.8. The normalized spacial score (nSPS) is 19.4. The smallest absolute Gasteiger partial charge is 0.324 e. The monoisotopic (exact) mass is 488 g/mol. The van der Waals surface area contributed by atoms with Crippen LogP contribution < -0.4 is 5.32 Å². The molecular weight excluding hydrogens is 444 g/mol. The van der Waals surface area contributed by atoms with E-state index in [0.29, 0.717) is 43.5 Å². The summed E-state index contributed by atoms with van der Waals surface area (Å²) in [6, 6.07) is 2.87. The molecule has 4 N–H and O–H groups in total. The average Bonchev–Trinajstić information content (AvgIpc) is 3.33. The van der Waals surface area contributed by atoms with E-state index in [-0.39, 0.29) is 34.8 Å². The maximum absolute atomic E-state index is 13.1. The lowest BCUT2D eigenvalue weighted by Gasteiger charge is -2.39. The lowest BCUT2D eigenvalue weighted by atomic mass is 9.76. The number of carbonyl (C=O) groups is 2. The van der Waals surface area contributed by atoms with Gasteiger partial charge in [0.25, 0.3) is 5.91 Å². The van der Waals surface area contributed by atoms with Gasteiger partial charge in [0.15, 0.2) is 0 Å². The third kappa shape index (κ3) is 6.29. The van der Waals surface area contributed by atoms with Gasteiger partial charge in [0.05, 0.1) is 5.56 Å². The molecule has 1 atom stereocenters. The van der Waals surface area contributed by atoms with Gasteiger partial charge in [0, 0.05) is 19.2 Å². The third-order valence-electron chi connectivity index (χ3n) is 8.06. The predicted octanol–water partition coefficient (Wildman–Crippen LogP) is 5.11. The molecule has 35 heavy (non-hydrogen) atoms. The highest BCUT2D eigenvalue weighted by Crippen LogP contribution is 2.38. The fraction of sp³-hybridized carbons (Fsp3) is 0.714. The highest BCUT2D eigenvalue weighted by Gasteiger charge is 2.46. The van der Waals surface area contributed by atoms with Gasteiger partial charge in [0.1, 0.15) is 17.0 Å². The van der Waals surface area contributed by atoms with Crippen molar-refractivity contribution in [3.05, 3.63) is 23.3 Å². The van der Waals surface area contributed by atoms with Crippen molar-refractivity contribution in [2.75, 3.05) is 19.6 Å². The SMILES string of the molecule is CC(C)C[C@](NCCC1CCN(C(=O)c2cc(C(C)C)c(O)cc2O)CC1)(C(=O)O)C1CCCC1. The molecule has 2 fully saturated rings. The summed E-state index contributed by atoms with van der Waals surface area (Å²) in [5, 5.41) is 34.1. The Balaban J connectivity index is 1.57. The molecule has 1 aliphatic heterocycles. The Morgan fingerprint density at radius 1 is 1.03 bits per heavy atom. The molecule has 0 aromatic heterocycles. The zero-order valence-corrected chi connectivity index (χ0v) is 21.8. The van der Waals surface area contributed by atoms with Crippen molar-refractivity contribution in [2.24, 2.45) is 17.8 Å². The number of aliphatic carboxylic acids is 1. The molecule has 1 amide bonds. The second-order valence-corrected chi connectivity index (χ2v) is 11.4. The van der Waals surface area contributed by atoms with Gasteiger partial charge in [-0.25, -0.2) is 0 Å². The first-order valence-electron chi connectivity index (χ1n) is 13.4. The van der Waals surface area contributed by atoms with Gasteiger partial charge in [-0.15, -0.1) is 0 Å². The average molecular weight is 489 g/mol. The quantitative estimate of drug-likeness (QED) is 0.364. The van der Waals surface area contributed by atoms with Crippen molar-refractivity contribution in [3.63, 3.8) is 0 Å². The van der Waals surface area contributed by atoms with E-state index in [9.17, 15) is 24.9 Å². The summed E-state index contributed by atoms with van der Waals surface area (Å²) in [4.78, 5) is 27.3. The van der Waals surface area contributed by atoms with Gasteiger partial charge in [-0.1, -0.05) is 40.5 Å². The summed E-state index contributed by atoms with van der Waals surface area (Å²) in [5.74, 6) is -0.134. The van der Waals surface area contributed by atoms with E-state index in [2.05, 4.69) is 19.2 Å². The minimum atomic E-state index is -0.841. The number of likely N-dealkylation sites (tertiary alicyclic amines) is 1. The molecule has 1 saturated heterocycles. The molecule has 2 aliphatic rings. The standard InChI is InChI=1S/C28H44N2O5/c1-18(2)17-28(27(34)35,21-7-5-6-8-21)29-12-9-20-10-13-30(14-11-20)26(33)23-15-22(19(3)4)24(31)16-25(23)32/h15-16,18-21,29,31-32H,5-14,17H2,1-4H3,(H,34,35)/t28-/m1/s1. The van der Waals surface area contributed by atoms with E-state index in [1.807, 2.05) is 13.8 Å². The maximum Gasteiger partial charge on any atom is 0.324 e. The molecule has 196 valence electrons. The Hall–Kier alpha value is -2.28. The Labute approximate surface area is 209 Å². The van der Waals surface area contributed by atoms with Crippen LogP contribution in [0.5, 0.6) is 11.5 Å². The number of hydrogen-bond acceptors (Lipinski definition) is 5. The molecule has 7 heteroatoms. The van der Waals surface area contributed by atoms with E-state index < -0.39 is 11.5 Å². The first-order valence-corrected chi connectivity index (χ1v) is 13.4. The highest BCUT2D eigenvalue weighted by molar-refractivity contribution is 5.97. The molecule has 0 unspecified atom stereocenters. The summed E-state index contributed by atoms with van der Waals surface area (Å²) in [6.45, 7) is 9.96. The Morgan fingerprint density at radius 2 is 1.66 bits per heavy atom. The Morgan fingerprint density at radius 3 is 2.20 bits per heavy atom. The summed E-state index contributed by atoms with van der Waals surface area (Å²) in [5.41, 5.74) is 0.0482. The molecule has 1 aromatic carbocycles. The number of carboxylic acid groups (broad SMARTS) is 1. The first kappa shape index (κ1) is 27.3. The summed E-state index contributed by atoms with van der Waals surface area (Å²) >= 11 is 0. The van der Waals surface area contributed by atoms with Crippen LogP contribution in [0.4, 0.5) is 0 Å². The number of nitrogens with one attached hydrogen (secondary N) is 1. The lowest BCUT2D eigenvalue weighted by Crippen LogP contribution is -2.58. The first-order chi connectivity index (χ1) is 16.5. The van der Waals surface area contributed by atoms with Crippen LogP contribution in [-0.4, -0.2) is 57.3 Å². The number of rotatable bonds is 10. The fourth-order valence-corrected chi connectivity index (χ4v) is 6.11. The highest BCUT2D eigenvalue weighted by atomic mass is 16.4. The van der Waals surface area contributed by atoms with Crippen molar-refractivity contribution in [1.82, 2.24) is 10.2 Å². The molecular formula is C28H44N2O5. The summed E-state index contributed by atoms with van der Waals surface area (Å²) in [7, 11) is 0. The number of benzene rings is 1. The van der Waals surface area contributed by atoms with Crippen molar-refractivity contribution < 1.29 is 24.9 Å². The van der Waals surface area contributed by atoms with E-state index >= 15 is 0 Å². The van der Waals surface area contributed by atoms with Crippen LogP contribution in [0.15, 0.2) is 12.1 Å². The van der Waals surface area contributed by atoms with Crippen molar-refractivity contribution in [1.29, 1.82) is 0 Å². The van der Waals surface area contributed by atoms with Crippen molar-refractivity contribution >= 4 is 11.9 Å². The number of carbonyl (C=O) groups excluding carboxylic acids is 1. The van der Waals surface area contributed by atoms with Gasteiger partial charge in [-0.3, -0.25) is 9.59 Å². The van der Waals surface area contributed by atoms with Gasteiger partial charge < -0.3 is 25.5 Å². The van der Waals surface area contributed by atoms with Gasteiger partial charge in [0.2, 0.25) is 0 Å². The van der Waals surface area contributed by atoms with Crippen LogP contribution in [0.1, 0.15) is 101 Å². The number of aromatic hydroxyl groups is 2. The number of nitrogens with zero attached hydrogens (tertiary/aromatic N) is 1. The van der Waals surface area contributed by atoms with Crippen LogP contribution in [0, 0.1) is 17.8 Å². The van der Waals surface area contributed by atoms with E-state index in [1.54, 1.807) is 11.0 Å². The third-order valence-corrected chi connectivity index (χ3v) is 8.06. The van der Waals surface area contributed by atoms with Crippen LogP contribution in [0.2, 0.25) is 0 Å². The largest absolute Gasteiger partial charge is 0.508 e. The lowest BCUT2D eigenvalue weighted by molar-refractivity contribution is -0.148. The van der Waals surface area contributed by atoms with E-state index in [0.717, 1.165) is 44.9 Å². The number of piperidine rings is 1. The fourth-order valence-electron chi connectivity index (χ4n) is 6.11. The number of carboxylic acids is 1. The second-order valence-electron chi connectivity index (χ2n) is 11.4. The van der Waals surface area contributed by atoms with Crippen molar-refractivity contribution in [2.45, 2.75) is 90.5 Å². The van der Waals surface area contributed by atoms with E-state index in [4.69, 9.17) is 0 Å². The summed E-state index contributed by atoms with van der Waals surface area (Å²) in [6.07, 6.45) is 7.44. The molecule has 0 spiro atoms. The second kappa shape index (κ2) is 11.6. The van der Waals surface area contributed by atoms with Crippen LogP contribution >= 0.6 is 0 Å².